The van der Waals surface area contributed by atoms with Crippen molar-refractivity contribution in [2.24, 2.45) is 0 Å². The van der Waals surface area contributed by atoms with Crippen molar-refractivity contribution in [3.8, 4) is 0 Å². The number of rotatable bonds is 5. The van der Waals surface area contributed by atoms with Gasteiger partial charge in [-0.1, -0.05) is 29.3 Å². The van der Waals surface area contributed by atoms with Crippen LogP contribution in [0.2, 0.25) is 0 Å². The van der Waals surface area contributed by atoms with Crippen LogP contribution in [0, 0.1) is 0 Å². The van der Waals surface area contributed by atoms with Crippen molar-refractivity contribution < 1.29 is 19.4 Å². The van der Waals surface area contributed by atoms with Crippen LogP contribution in [0.3, 0.4) is 0 Å². The van der Waals surface area contributed by atoms with Gasteiger partial charge in [0.2, 0.25) is 0 Å². The molecule has 0 aliphatic heterocycles. The maximum absolute atomic E-state index is 10.4. The van der Waals surface area contributed by atoms with E-state index in [0.717, 1.165) is 17.5 Å². The third-order valence-electron chi connectivity index (χ3n) is 1.14. The number of halogens is 1. The number of esters is 1. The fraction of sp³-hybridized carbons (Fsp3) is 0.600. The summed E-state index contributed by atoms with van der Waals surface area (Å²) in [6, 6.07) is 0. The lowest BCUT2D eigenvalue weighted by atomic mass is 10.4. The average Bonchev–Trinajstić information content (AvgIpc) is 2.17. The van der Waals surface area contributed by atoms with Crippen molar-refractivity contribution in [2.75, 3.05) is 11.9 Å². The second-order valence-electron chi connectivity index (χ2n) is 2.47. The monoisotopic (exact) mass is 280 g/mol. The van der Waals surface area contributed by atoms with Crippen molar-refractivity contribution in [2.45, 2.75) is 26.7 Å². The summed E-state index contributed by atoms with van der Waals surface area (Å²) in [5, 5.41) is 9.19. The molecular weight excluding hydrogens is 264 g/mol. The van der Waals surface area contributed by atoms with E-state index in [-0.39, 0.29) is 6.61 Å². The van der Waals surface area contributed by atoms with Crippen LogP contribution in [0.4, 0.5) is 0 Å². The van der Waals surface area contributed by atoms with Gasteiger partial charge in [0.05, 0.1) is 6.61 Å². The van der Waals surface area contributed by atoms with E-state index in [2.05, 4.69) is 27.6 Å². The molecule has 0 spiro atoms. The molecule has 1 N–H and O–H groups in total. The highest BCUT2D eigenvalue weighted by atomic mass is 79.9. The summed E-state index contributed by atoms with van der Waals surface area (Å²) in [4.78, 5) is 20.2. The smallest absolute Gasteiger partial charge is 0.330 e. The lowest BCUT2D eigenvalue weighted by Gasteiger charge is -1.92. The minimum Gasteiger partial charge on any atom is -0.478 e. The summed E-state index contributed by atoms with van der Waals surface area (Å²) in [7, 11) is 0. The number of hydrogen-bond donors (Lipinski definition) is 1. The highest BCUT2D eigenvalue weighted by Gasteiger charge is 1.94. The van der Waals surface area contributed by atoms with Crippen molar-refractivity contribution in [3.63, 3.8) is 0 Å². The Kier molecular flexibility index (Phi) is 14.6. The Morgan fingerprint density at radius 2 is 1.93 bits per heavy atom. The maximum Gasteiger partial charge on any atom is 0.330 e. The Morgan fingerprint density at radius 1 is 1.33 bits per heavy atom. The van der Waals surface area contributed by atoms with E-state index in [1.165, 1.54) is 12.8 Å². The van der Waals surface area contributed by atoms with Crippen LogP contribution < -0.4 is 0 Å². The van der Waals surface area contributed by atoms with Crippen LogP contribution >= 0.6 is 15.9 Å². The first-order valence-electron chi connectivity index (χ1n) is 4.72. The first-order chi connectivity index (χ1) is 7.08. The number of unbranched alkanes of at least 4 members (excludes halogenated alkanes) is 1. The van der Waals surface area contributed by atoms with Crippen molar-refractivity contribution in [1.82, 2.24) is 0 Å². The maximum atomic E-state index is 10.4. The molecule has 0 rings (SSSR count). The summed E-state index contributed by atoms with van der Waals surface area (Å²) in [5.74, 6) is -1.79. The van der Waals surface area contributed by atoms with Gasteiger partial charge in [-0.3, -0.25) is 0 Å². The topological polar surface area (TPSA) is 63.6 Å². The van der Waals surface area contributed by atoms with Gasteiger partial charge in [0, 0.05) is 17.5 Å². The Hall–Kier alpha value is -0.840. The second-order valence-corrected chi connectivity index (χ2v) is 3.26. The largest absolute Gasteiger partial charge is 0.478 e. The molecule has 0 atom stereocenters. The van der Waals surface area contributed by atoms with Gasteiger partial charge in [-0.25, -0.2) is 9.59 Å². The summed E-state index contributed by atoms with van der Waals surface area (Å²) >= 11 is 3.31. The van der Waals surface area contributed by atoms with Gasteiger partial charge in [-0.2, -0.15) is 0 Å². The number of carboxylic acids is 1. The van der Waals surface area contributed by atoms with Crippen LogP contribution in [-0.4, -0.2) is 29.0 Å². The zero-order chi connectivity index (χ0) is 12.1. The standard InChI is InChI=1S/C6H8O4.C4H9Br/c1-2-10-6(9)4-3-5(7)8;1-2-3-4-5/h3-4H,2H2,1H3,(H,7,8);2-4H2,1H3/b4-3-;. The third kappa shape index (κ3) is 19.5. The molecule has 88 valence electrons. The second kappa shape index (κ2) is 13.2. The molecule has 0 aromatic carbocycles. The summed E-state index contributed by atoms with van der Waals surface area (Å²) in [5.41, 5.74) is 0. The molecule has 4 nitrogen and oxygen atoms in total. The van der Waals surface area contributed by atoms with Gasteiger partial charge in [-0.15, -0.1) is 0 Å². The number of alkyl halides is 1. The van der Waals surface area contributed by atoms with Crippen LogP contribution in [0.15, 0.2) is 12.2 Å². The van der Waals surface area contributed by atoms with E-state index < -0.39 is 11.9 Å². The molecule has 0 fully saturated rings. The minimum atomic E-state index is -1.16. The van der Waals surface area contributed by atoms with Gasteiger partial charge in [0.1, 0.15) is 0 Å². The number of carboxylic acid groups (broad SMARTS) is 1. The van der Waals surface area contributed by atoms with Crippen molar-refractivity contribution in [3.05, 3.63) is 12.2 Å². The first-order valence-corrected chi connectivity index (χ1v) is 5.84. The molecule has 0 unspecified atom stereocenters. The SMILES string of the molecule is CCCCBr.CCOC(=O)/C=C\C(=O)O. The number of ether oxygens (including phenoxy) is 1. The number of carbonyl (C=O) groups excluding carboxylic acids is 1. The Balaban J connectivity index is 0. The first kappa shape index (κ1) is 16.6. The van der Waals surface area contributed by atoms with Gasteiger partial charge < -0.3 is 9.84 Å². The fourth-order valence-electron chi connectivity index (χ4n) is 0.463. The summed E-state index contributed by atoms with van der Waals surface area (Å²) < 4.78 is 4.40. The van der Waals surface area contributed by atoms with E-state index in [1.807, 2.05) is 0 Å². The number of carbonyl (C=O) groups is 2. The molecule has 0 aliphatic rings. The molecule has 0 saturated heterocycles. The van der Waals surface area contributed by atoms with Crippen LogP contribution in [0.5, 0.6) is 0 Å². The zero-order valence-electron chi connectivity index (χ0n) is 9.03. The van der Waals surface area contributed by atoms with E-state index >= 15 is 0 Å². The van der Waals surface area contributed by atoms with Crippen LogP contribution in [0.1, 0.15) is 26.7 Å². The summed E-state index contributed by atoms with van der Waals surface area (Å²) in [6.07, 6.45) is 4.20. The van der Waals surface area contributed by atoms with Gasteiger partial charge in [0.15, 0.2) is 0 Å². The quantitative estimate of drug-likeness (QED) is 0.477. The number of aliphatic carboxylic acids is 1. The average molecular weight is 281 g/mol. The summed E-state index contributed by atoms with van der Waals surface area (Å²) in [6.45, 7) is 4.08. The molecule has 0 aromatic rings. The fourth-order valence-corrected chi connectivity index (χ4v) is 1.02. The van der Waals surface area contributed by atoms with Gasteiger partial charge in [-0.05, 0) is 13.3 Å². The predicted molar refractivity (Wildman–Crippen MR) is 62.1 cm³/mol. The molecule has 5 heteroatoms. The lowest BCUT2D eigenvalue weighted by Crippen LogP contribution is -2.00. The molecule has 0 heterocycles. The molecule has 0 saturated carbocycles. The highest BCUT2D eigenvalue weighted by Crippen LogP contribution is 1.89. The Morgan fingerprint density at radius 3 is 2.20 bits per heavy atom. The molecular formula is C10H17BrO4. The Labute approximate surface area is 98.4 Å². The molecule has 0 aliphatic carbocycles. The van der Waals surface area contributed by atoms with E-state index in [0.29, 0.717) is 0 Å². The van der Waals surface area contributed by atoms with Crippen LogP contribution in [-0.2, 0) is 14.3 Å². The zero-order valence-corrected chi connectivity index (χ0v) is 10.6. The van der Waals surface area contributed by atoms with Crippen LogP contribution in [0.25, 0.3) is 0 Å². The van der Waals surface area contributed by atoms with E-state index in [4.69, 9.17) is 5.11 Å². The normalized spacial score (nSPS) is 9.27. The molecule has 15 heavy (non-hydrogen) atoms. The molecule has 0 amide bonds. The van der Waals surface area contributed by atoms with Crippen molar-refractivity contribution >= 4 is 27.9 Å². The third-order valence-corrected chi connectivity index (χ3v) is 1.70. The molecule has 0 radical (unpaired) electrons. The molecule has 0 aromatic heterocycles. The van der Waals surface area contributed by atoms with Crippen molar-refractivity contribution in [1.29, 1.82) is 0 Å². The Bertz CT molecular complexity index is 200. The van der Waals surface area contributed by atoms with E-state index in [1.54, 1.807) is 6.92 Å². The predicted octanol–water partition coefficient (Wildman–Crippen LogP) is 2.37. The minimum absolute atomic E-state index is 0.253. The van der Waals surface area contributed by atoms with Gasteiger partial charge in [0.25, 0.3) is 0 Å². The number of hydrogen-bond acceptors (Lipinski definition) is 3. The van der Waals surface area contributed by atoms with Gasteiger partial charge >= 0.3 is 11.9 Å². The van der Waals surface area contributed by atoms with E-state index in [9.17, 15) is 9.59 Å². The highest BCUT2D eigenvalue weighted by molar-refractivity contribution is 9.09. The molecule has 0 bridgehead atoms. The lowest BCUT2D eigenvalue weighted by molar-refractivity contribution is -0.138.